The highest BCUT2D eigenvalue weighted by Crippen LogP contribution is 2.17. The summed E-state index contributed by atoms with van der Waals surface area (Å²) in [5, 5.41) is 0. The highest BCUT2D eigenvalue weighted by Gasteiger charge is 2.18. The van der Waals surface area contributed by atoms with Crippen LogP contribution in [0.4, 0.5) is 4.79 Å². The number of hydrogen-bond acceptors (Lipinski definition) is 2. The molecular weight excluding hydrogens is 216 g/mol. The SMILES string of the molecule is CCCCCOC(=O)N=CN1CCC(CC)C1. The summed E-state index contributed by atoms with van der Waals surface area (Å²) in [4.78, 5) is 17.2. The Morgan fingerprint density at radius 3 is 2.94 bits per heavy atom. The van der Waals surface area contributed by atoms with Gasteiger partial charge in [-0.1, -0.05) is 33.1 Å². The first-order chi connectivity index (χ1) is 8.26. The van der Waals surface area contributed by atoms with E-state index >= 15 is 0 Å². The van der Waals surface area contributed by atoms with Gasteiger partial charge in [-0.25, -0.2) is 4.79 Å². The zero-order valence-corrected chi connectivity index (χ0v) is 11.0. The number of amides is 1. The van der Waals surface area contributed by atoms with E-state index in [2.05, 4.69) is 23.7 Å². The molecule has 1 unspecified atom stereocenters. The predicted octanol–water partition coefficient (Wildman–Crippen LogP) is 3.07. The maximum atomic E-state index is 11.3. The van der Waals surface area contributed by atoms with Crippen LogP contribution in [0.1, 0.15) is 46.0 Å². The molecule has 17 heavy (non-hydrogen) atoms. The van der Waals surface area contributed by atoms with Crippen LogP contribution in [0.5, 0.6) is 0 Å². The van der Waals surface area contributed by atoms with Gasteiger partial charge in [-0.05, 0) is 18.8 Å². The topological polar surface area (TPSA) is 41.9 Å². The first-order valence-corrected chi connectivity index (χ1v) is 6.71. The Hall–Kier alpha value is -1.06. The fourth-order valence-electron chi connectivity index (χ4n) is 1.98. The van der Waals surface area contributed by atoms with Crippen LogP contribution in [0.3, 0.4) is 0 Å². The molecule has 1 saturated heterocycles. The number of carbonyl (C=O) groups excluding carboxylic acids is 1. The van der Waals surface area contributed by atoms with Gasteiger partial charge in [-0.15, -0.1) is 0 Å². The highest BCUT2D eigenvalue weighted by atomic mass is 16.5. The molecule has 1 atom stereocenters. The van der Waals surface area contributed by atoms with E-state index in [0.717, 1.165) is 38.3 Å². The number of aliphatic imine (C=N–C) groups is 1. The Labute approximate surface area is 104 Å². The fourth-order valence-corrected chi connectivity index (χ4v) is 1.98. The highest BCUT2D eigenvalue weighted by molar-refractivity contribution is 5.78. The summed E-state index contributed by atoms with van der Waals surface area (Å²) in [6.07, 6.45) is 6.74. The Morgan fingerprint density at radius 1 is 1.47 bits per heavy atom. The molecule has 0 bridgehead atoms. The molecule has 98 valence electrons. The number of hydrogen-bond donors (Lipinski definition) is 0. The molecule has 1 rings (SSSR count). The van der Waals surface area contributed by atoms with Crippen LogP contribution < -0.4 is 0 Å². The third-order valence-corrected chi connectivity index (χ3v) is 3.19. The number of likely N-dealkylation sites (tertiary alicyclic amines) is 1. The van der Waals surface area contributed by atoms with E-state index in [9.17, 15) is 4.79 Å². The average molecular weight is 240 g/mol. The van der Waals surface area contributed by atoms with Gasteiger partial charge in [0.2, 0.25) is 0 Å². The molecule has 0 aromatic rings. The molecule has 0 aromatic heterocycles. The van der Waals surface area contributed by atoms with E-state index in [-0.39, 0.29) is 0 Å². The molecule has 0 N–H and O–H groups in total. The summed E-state index contributed by atoms with van der Waals surface area (Å²) >= 11 is 0. The lowest BCUT2D eigenvalue weighted by Gasteiger charge is -2.10. The van der Waals surface area contributed by atoms with Gasteiger partial charge in [-0.2, -0.15) is 4.99 Å². The van der Waals surface area contributed by atoms with Crippen LogP contribution in [0.25, 0.3) is 0 Å². The van der Waals surface area contributed by atoms with Crippen molar-refractivity contribution in [2.75, 3.05) is 19.7 Å². The molecule has 1 aliphatic rings. The minimum Gasteiger partial charge on any atom is -0.448 e. The second-order valence-corrected chi connectivity index (χ2v) is 4.62. The summed E-state index contributed by atoms with van der Waals surface area (Å²) in [6.45, 7) is 6.83. The van der Waals surface area contributed by atoms with Crippen LogP contribution in [0.15, 0.2) is 4.99 Å². The Kier molecular flexibility index (Phi) is 6.67. The standard InChI is InChI=1S/C13H24N2O2/c1-3-5-6-9-17-13(16)14-11-15-8-7-12(4-2)10-15/h11-12H,3-10H2,1-2H3. The number of rotatable bonds is 6. The quantitative estimate of drug-likeness (QED) is 0.407. The maximum Gasteiger partial charge on any atom is 0.434 e. The summed E-state index contributed by atoms with van der Waals surface area (Å²) in [5.74, 6) is 0.752. The van der Waals surface area contributed by atoms with Crippen molar-refractivity contribution < 1.29 is 9.53 Å². The molecule has 0 aromatic carbocycles. The van der Waals surface area contributed by atoms with Crippen LogP contribution in [-0.4, -0.2) is 37.0 Å². The summed E-state index contributed by atoms with van der Waals surface area (Å²) < 4.78 is 4.99. The largest absolute Gasteiger partial charge is 0.448 e. The van der Waals surface area contributed by atoms with E-state index in [0.29, 0.717) is 6.61 Å². The zero-order valence-electron chi connectivity index (χ0n) is 11.0. The van der Waals surface area contributed by atoms with Gasteiger partial charge >= 0.3 is 6.09 Å². The van der Waals surface area contributed by atoms with Crippen LogP contribution >= 0.6 is 0 Å². The second kappa shape index (κ2) is 8.09. The molecule has 1 aliphatic heterocycles. The van der Waals surface area contributed by atoms with Crippen LogP contribution in [-0.2, 0) is 4.74 Å². The molecule has 1 fully saturated rings. The molecule has 0 aliphatic carbocycles. The molecule has 0 saturated carbocycles. The normalized spacial score (nSPS) is 20.1. The van der Waals surface area contributed by atoms with E-state index < -0.39 is 6.09 Å². The molecular formula is C13H24N2O2. The monoisotopic (exact) mass is 240 g/mol. The molecule has 4 heteroatoms. The number of unbranched alkanes of at least 4 members (excludes halogenated alkanes) is 2. The zero-order chi connectivity index (χ0) is 12.5. The molecule has 0 spiro atoms. The van der Waals surface area contributed by atoms with Crippen molar-refractivity contribution in [3.63, 3.8) is 0 Å². The van der Waals surface area contributed by atoms with Crippen molar-refractivity contribution in [2.45, 2.75) is 46.0 Å². The predicted molar refractivity (Wildman–Crippen MR) is 69.3 cm³/mol. The van der Waals surface area contributed by atoms with Gasteiger partial charge in [0.15, 0.2) is 0 Å². The number of carbonyl (C=O) groups is 1. The minimum atomic E-state index is -0.457. The third kappa shape index (κ3) is 5.71. The van der Waals surface area contributed by atoms with Crippen molar-refractivity contribution >= 4 is 12.4 Å². The van der Waals surface area contributed by atoms with Gasteiger partial charge in [0, 0.05) is 13.1 Å². The minimum absolute atomic E-state index is 0.457. The average Bonchev–Trinajstić information content (AvgIpc) is 2.80. The van der Waals surface area contributed by atoms with Gasteiger partial charge < -0.3 is 9.64 Å². The lowest BCUT2D eigenvalue weighted by Crippen LogP contribution is -2.19. The van der Waals surface area contributed by atoms with Crippen LogP contribution in [0.2, 0.25) is 0 Å². The van der Waals surface area contributed by atoms with Crippen molar-refractivity contribution in [3.05, 3.63) is 0 Å². The van der Waals surface area contributed by atoms with E-state index in [1.807, 2.05) is 0 Å². The fraction of sp³-hybridized carbons (Fsp3) is 0.846. The molecule has 0 radical (unpaired) electrons. The maximum absolute atomic E-state index is 11.3. The Balaban J connectivity index is 2.13. The smallest absolute Gasteiger partial charge is 0.434 e. The van der Waals surface area contributed by atoms with Gasteiger partial charge in [0.1, 0.15) is 0 Å². The Bertz CT molecular complexity index is 254. The molecule has 1 heterocycles. The lowest BCUT2D eigenvalue weighted by molar-refractivity contribution is 0.155. The number of nitrogens with zero attached hydrogens (tertiary/aromatic N) is 2. The Morgan fingerprint density at radius 2 is 2.29 bits per heavy atom. The van der Waals surface area contributed by atoms with Crippen molar-refractivity contribution in [3.8, 4) is 0 Å². The summed E-state index contributed by atoms with van der Waals surface area (Å²) in [7, 11) is 0. The molecule has 1 amide bonds. The van der Waals surface area contributed by atoms with E-state index in [1.54, 1.807) is 6.34 Å². The van der Waals surface area contributed by atoms with Crippen molar-refractivity contribution in [1.29, 1.82) is 0 Å². The van der Waals surface area contributed by atoms with Gasteiger partial charge in [-0.3, -0.25) is 0 Å². The van der Waals surface area contributed by atoms with E-state index in [4.69, 9.17) is 4.74 Å². The summed E-state index contributed by atoms with van der Waals surface area (Å²) in [6, 6.07) is 0. The second-order valence-electron chi connectivity index (χ2n) is 4.62. The third-order valence-electron chi connectivity index (χ3n) is 3.19. The van der Waals surface area contributed by atoms with Crippen molar-refractivity contribution in [1.82, 2.24) is 4.90 Å². The van der Waals surface area contributed by atoms with Crippen LogP contribution in [0, 0.1) is 5.92 Å². The lowest BCUT2D eigenvalue weighted by atomic mass is 10.1. The van der Waals surface area contributed by atoms with Gasteiger partial charge in [0.25, 0.3) is 0 Å². The van der Waals surface area contributed by atoms with E-state index in [1.165, 1.54) is 12.8 Å². The first kappa shape index (κ1) is 14.0. The first-order valence-electron chi connectivity index (χ1n) is 6.71. The van der Waals surface area contributed by atoms with Crippen molar-refractivity contribution in [2.24, 2.45) is 10.9 Å². The summed E-state index contributed by atoms with van der Waals surface area (Å²) in [5.41, 5.74) is 0. The number of ether oxygens (including phenoxy) is 1. The molecule has 4 nitrogen and oxygen atoms in total. The van der Waals surface area contributed by atoms with Gasteiger partial charge in [0.05, 0.1) is 12.9 Å².